The van der Waals surface area contributed by atoms with E-state index in [0.29, 0.717) is 36.3 Å². The van der Waals surface area contributed by atoms with E-state index in [1.165, 1.54) is 0 Å². The van der Waals surface area contributed by atoms with Crippen LogP contribution >= 0.6 is 0 Å². The Labute approximate surface area is 160 Å². The van der Waals surface area contributed by atoms with E-state index in [9.17, 15) is 0 Å². The largest absolute Gasteiger partial charge is 0.375 e. The van der Waals surface area contributed by atoms with Crippen molar-refractivity contribution >= 4 is 8.72 Å². The van der Waals surface area contributed by atoms with Crippen molar-refractivity contribution in [3.8, 4) is 0 Å². The molecule has 0 aliphatic heterocycles. The van der Waals surface area contributed by atoms with E-state index in [2.05, 4.69) is 109 Å². The number of nitrogens with zero attached hydrogens (tertiary/aromatic N) is 3. The first-order chi connectivity index (χ1) is 11.4. The zero-order valence-electron chi connectivity index (χ0n) is 19.5. The van der Waals surface area contributed by atoms with Crippen molar-refractivity contribution in [3.63, 3.8) is 0 Å². The minimum Gasteiger partial charge on any atom is -0.300 e. The minimum absolute atomic E-state index is 0.491. The first-order valence-electron chi connectivity index (χ1n) is 10.5. The maximum absolute atomic E-state index is 4.10. The molecule has 0 rings (SSSR count). The van der Waals surface area contributed by atoms with Gasteiger partial charge in [0.05, 0.1) is 0 Å². The second-order valence-electron chi connectivity index (χ2n) is 8.95. The first-order valence-corrected chi connectivity index (χ1v) is 12.3. The van der Waals surface area contributed by atoms with Crippen LogP contribution in [0.5, 0.6) is 0 Å². The Bertz CT molecular complexity index is 292. The molecule has 0 aliphatic carbocycles. The summed E-state index contributed by atoms with van der Waals surface area (Å²) in [4.78, 5) is 4.10. The monoisotopic (exact) mass is 372 g/mol. The highest BCUT2D eigenvalue weighted by atomic mass is 28.4. The Hall–Kier alpha value is 0.0569. The Kier molecular flexibility index (Phi) is 10.4. The maximum atomic E-state index is 4.10. The van der Waals surface area contributed by atoms with E-state index in [1.807, 2.05) is 0 Å². The van der Waals surface area contributed by atoms with E-state index in [4.69, 9.17) is 0 Å². The predicted octanol–water partition coefficient (Wildman–Crippen LogP) is 4.39. The van der Waals surface area contributed by atoms with E-state index in [0.717, 1.165) is 6.54 Å². The molecular formula is C20H48N4Si. The average molecular weight is 373 g/mol. The Morgan fingerprint density at radius 1 is 0.520 bits per heavy atom. The molecule has 5 heteroatoms. The van der Waals surface area contributed by atoms with Gasteiger partial charge in [0.1, 0.15) is 0 Å². The summed E-state index contributed by atoms with van der Waals surface area (Å²) in [6.45, 7) is 31.6. The van der Waals surface area contributed by atoms with Gasteiger partial charge in [-0.3, -0.25) is 13.7 Å². The molecule has 152 valence electrons. The van der Waals surface area contributed by atoms with E-state index in [1.54, 1.807) is 0 Å². The molecule has 4 nitrogen and oxygen atoms in total. The molecule has 0 saturated heterocycles. The van der Waals surface area contributed by atoms with Crippen LogP contribution in [-0.4, -0.2) is 65.2 Å². The van der Waals surface area contributed by atoms with Gasteiger partial charge in [-0.25, -0.2) is 0 Å². The van der Waals surface area contributed by atoms with E-state index in [-0.39, 0.29) is 0 Å². The molecule has 0 unspecified atom stereocenters. The molecule has 25 heavy (non-hydrogen) atoms. The van der Waals surface area contributed by atoms with Crippen molar-refractivity contribution in [2.24, 2.45) is 0 Å². The normalized spacial score (nSPS) is 14.2. The summed E-state index contributed by atoms with van der Waals surface area (Å²) in [6.07, 6.45) is 0. The summed E-state index contributed by atoms with van der Waals surface area (Å²) in [5, 5.41) is 0. The molecule has 0 bridgehead atoms. The van der Waals surface area contributed by atoms with Gasteiger partial charge in [-0.2, -0.15) is 0 Å². The van der Waals surface area contributed by atoms with Gasteiger partial charge in [0.25, 0.3) is 0 Å². The molecule has 0 fully saturated rings. The number of nitrogens with one attached hydrogen (secondary N) is 1. The van der Waals surface area contributed by atoms with Crippen LogP contribution in [0.25, 0.3) is 0 Å². The lowest BCUT2D eigenvalue weighted by Crippen LogP contribution is -2.87. The third-order valence-corrected chi connectivity index (χ3v) is 10.9. The van der Waals surface area contributed by atoms with Gasteiger partial charge < -0.3 is 4.98 Å². The summed E-state index contributed by atoms with van der Waals surface area (Å²) < 4.78 is 8.41. The lowest BCUT2D eigenvalue weighted by atomic mass is 10.3. The third kappa shape index (κ3) is 5.52. The standard InChI is InChI=1S/C20H48N4Si/c1-14-21-25(22(15(2)3)16(4)5,23(17(6)7)18(8)9)24(19(10)11)20(12)13/h15-21H,14H2,1-13H3. The van der Waals surface area contributed by atoms with Gasteiger partial charge in [-0.15, -0.1) is 0 Å². The minimum atomic E-state index is -2.31. The zero-order valence-corrected chi connectivity index (χ0v) is 20.5. The van der Waals surface area contributed by atoms with Crippen molar-refractivity contribution in [2.75, 3.05) is 6.54 Å². The molecule has 0 aromatic rings. The van der Waals surface area contributed by atoms with Crippen molar-refractivity contribution < 1.29 is 0 Å². The van der Waals surface area contributed by atoms with E-state index >= 15 is 0 Å². The van der Waals surface area contributed by atoms with Gasteiger partial charge in [0.2, 0.25) is 0 Å². The average Bonchev–Trinajstić information content (AvgIpc) is 2.35. The van der Waals surface area contributed by atoms with Crippen molar-refractivity contribution in [1.82, 2.24) is 18.7 Å². The summed E-state index contributed by atoms with van der Waals surface area (Å²) in [5.41, 5.74) is 0. The number of hydrogen-bond acceptors (Lipinski definition) is 4. The Balaban J connectivity index is 6.84. The molecule has 0 aliphatic rings. The van der Waals surface area contributed by atoms with Crippen molar-refractivity contribution in [2.45, 2.75) is 126 Å². The molecule has 0 heterocycles. The van der Waals surface area contributed by atoms with Crippen LogP contribution in [0, 0.1) is 0 Å². The van der Waals surface area contributed by atoms with Gasteiger partial charge in [0, 0.05) is 36.3 Å². The van der Waals surface area contributed by atoms with E-state index < -0.39 is 8.72 Å². The lowest BCUT2D eigenvalue weighted by molar-refractivity contribution is 0.118. The highest BCUT2D eigenvalue weighted by Crippen LogP contribution is 2.30. The second kappa shape index (κ2) is 10.4. The second-order valence-corrected chi connectivity index (χ2v) is 12.1. The number of hydrogen-bond donors (Lipinski definition) is 1. The lowest BCUT2D eigenvalue weighted by Gasteiger charge is -2.60. The van der Waals surface area contributed by atoms with Gasteiger partial charge in [-0.05, 0) is 6.54 Å². The van der Waals surface area contributed by atoms with Gasteiger partial charge >= 0.3 is 8.72 Å². The predicted molar refractivity (Wildman–Crippen MR) is 116 cm³/mol. The Morgan fingerprint density at radius 2 is 0.720 bits per heavy atom. The quantitative estimate of drug-likeness (QED) is 0.543. The van der Waals surface area contributed by atoms with Crippen LogP contribution in [0.2, 0.25) is 0 Å². The molecule has 0 aromatic carbocycles. The molecular weight excluding hydrogens is 324 g/mol. The van der Waals surface area contributed by atoms with Crippen LogP contribution in [-0.2, 0) is 0 Å². The first kappa shape index (κ1) is 25.1. The van der Waals surface area contributed by atoms with Crippen LogP contribution in [0.3, 0.4) is 0 Å². The van der Waals surface area contributed by atoms with Crippen LogP contribution < -0.4 is 4.98 Å². The van der Waals surface area contributed by atoms with Gasteiger partial charge in [0.15, 0.2) is 0 Å². The summed E-state index contributed by atoms with van der Waals surface area (Å²) in [7, 11) is -2.31. The Morgan fingerprint density at radius 3 is 0.840 bits per heavy atom. The summed E-state index contributed by atoms with van der Waals surface area (Å²) >= 11 is 0. The van der Waals surface area contributed by atoms with Crippen LogP contribution in [0.15, 0.2) is 0 Å². The topological polar surface area (TPSA) is 21.8 Å². The fraction of sp³-hybridized carbons (Fsp3) is 1.00. The fourth-order valence-corrected chi connectivity index (χ4v) is 11.0. The fourth-order valence-electron chi connectivity index (χ4n) is 4.86. The third-order valence-electron chi connectivity index (χ3n) is 4.83. The van der Waals surface area contributed by atoms with Crippen molar-refractivity contribution in [3.05, 3.63) is 0 Å². The molecule has 0 saturated carbocycles. The highest BCUT2D eigenvalue weighted by Gasteiger charge is 2.56. The zero-order chi connectivity index (χ0) is 20.1. The smallest absolute Gasteiger partial charge is 0.300 e. The molecule has 0 aromatic heterocycles. The SMILES string of the molecule is CCN[Si](N(C(C)C)C(C)C)(N(C(C)C)C(C)C)N(C(C)C)C(C)C. The molecule has 1 N–H and O–H groups in total. The van der Waals surface area contributed by atoms with Crippen molar-refractivity contribution in [1.29, 1.82) is 0 Å². The van der Waals surface area contributed by atoms with Gasteiger partial charge in [-0.1, -0.05) is 90.0 Å². The molecule has 0 amide bonds. The van der Waals surface area contributed by atoms with Crippen LogP contribution in [0.1, 0.15) is 90.0 Å². The molecule has 0 atom stereocenters. The maximum Gasteiger partial charge on any atom is 0.375 e. The summed E-state index contributed by atoms with van der Waals surface area (Å²) in [6, 6.07) is 2.95. The molecule has 0 spiro atoms. The molecule has 0 radical (unpaired) electrons. The number of rotatable bonds is 11. The van der Waals surface area contributed by atoms with Crippen LogP contribution in [0.4, 0.5) is 0 Å². The summed E-state index contributed by atoms with van der Waals surface area (Å²) in [5.74, 6) is 0. The highest BCUT2D eigenvalue weighted by molar-refractivity contribution is 6.69.